The average molecular weight is 223 g/mol. The zero-order valence-corrected chi connectivity index (χ0v) is 8.00. The quantitative estimate of drug-likeness (QED) is 0.733. The van der Waals surface area contributed by atoms with Crippen LogP contribution < -0.4 is 0 Å². The SMILES string of the molecule is N#Cc1cnc(C2CC2)c(Br)c1. The fraction of sp³-hybridized carbons (Fsp3) is 0.333. The Bertz CT molecular complexity index is 350. The number of nitrogens with zero attached hydrogens (tertiary/aromatic N) is 2. The molecule has 0 bridgehead atoms. The first-order valence-corrected chi connectivity index (χ1v) is 4.66. The van der Waals surface area contributed by atoms with E-state index in [9.17, 15) is 0 Å². The predicted octanol–water partition coefficient (Wildman–Crippen LogP) is 2.59. The van der Waals surface area contributed by atoms with Crippen LogP contribution in [0.1, 0.15) is 30.0 Å². The Balaban J connectivity index is 2.40. The van der Waals surface area contributed by atoms with Gasteiger partial charge in [0.1, 0.15) is 6.07 Å². The summed E-state index contributed by atoms with van der Waals surface area (Å²) < 4.78 is 0.976. The number of rotatable bonds is 1. The molecule has 12 heavy (non-hydrogen) atoms. The normalized spacial score (nSPS) is 15.7. The molecular weight excluding hydrogens is 216 g/mol. The second-order valence-electron chi connectivity index (χ2n) is 2.98. The van der Waals surface area contributed by atoms with E-state index < -0.39 is 0 Å². The van der Waals surface area contributed by atoms with E-state index >= 15 is 0 Å². The lowest BCUT2D eigenvalue weighted by molar-refractivity contribution is 1.01. The van der Waals surface area contributed by atoms with Crippen LogP contribution in [0.5, 0.6) is 0 Å². The van der Waals surface area contributed by atoms with Crippen molar-refractivity contribution < 1.29 is 0 Å². The van der Waals surface area contributed by atoms with Crippen LogP contribution in [0.4, 0.5) is 0 Å². The van der Waals surface area contributed by atoms with Crippen molar-refractivity contribution in [2.45, 2.75) is 18.8 Å². The van der Waals surface area contributed by atoms with E-state index in [0.717, 1.165) is 10.2 Å². The Morgan fingerprint density at radius 1 is 1.58 bits per heavy atom. The predicted molar refractivity (Wildman–Crippen MR) is 48.6 cm³/mol. The Labute approximate surface area is 79.4 Å². The Morgan fingerprint density at radius 3 is 2.83 bits per heavy atom. The van der Waals surface area contributed by atoms with Gasteiger partial charge in [-0.2, -0.15) is 5.26 Å². The van der Waals surface area contributed by atoms with E-state index in [2.05, 4.69) is 27.0 Å². The van der Waals surface area contributed by atoms with Crippen LogP contribution in [-0.4, -0.2) is 4.98 Å². The molecule has 0 aromatic carbocycles. The van der Waals surface area contributed by atoms with Crippen molar-refractivity contribution in [1.29, 1.82) is 5.26 Å². The number of pyridine rings is 1. The van der Waals surface area contributed by atoms with E-state index in [1.807, 2.05) is 6.07 Å². The zero-order chi connectivity index (χ0) is 8.55. The number of hydrogen-bond acceptors (Lipinski definition) is 2. The molecule has 1 aromatic rings. The molecule has 3 heteroatoms. The van der Waals surface area contributed by atoms with Crippen LogP contribution in [0.15, 0.2) is 16.7 Å². The lowest BCUT2D eigenvalue weighted by Gasteiger charge is -1.99. The first-order valence-electron chi connectivity index (χ1n) is 3.87. The highest BCUT2D eigenvalue weighted by Gasteiger charge is 2.26. The van der Waals surface area contributed by atoms with Gasteiger partial charge in [-0.15, -0.1) is 0 Å². The van der Waals surface area contributed by atoms with Gasteiger partial charge in [0.2, 0.25) is 0 Å². The summed E-state index contributed by atoms with van der Waals surface area (Å²) >= 11 is 3.41. The molecule has 0 spiro atoms. The van der Waals surface area contributed by atoms with Crippen molar-refractivity contribution in [3.63, 3.8) is 0 Å². The van der Waals surface area contributed by atoms with Gasteiger partial charge >= 0.3 is 0 Å². The smallest absolute Gasteiger partial charge is 0.101 e. The van der Waals surface area contributed by atoms with Gasteiger partial charge < -0.3 is 0 Å². The monoisotopic (exact) mass is 222 g/mol. The van der Waals surface area contributed by atoms with Crippen molar-refractivity contribution in [3.05, 3.63) is 28.0 Å². The zero-order valence-electron chi connectivity index (χ0n) is 6.42. The molecule has 0 N–H and O–H groups in total. The lowest BCUT2D eigenvalue weighted by atomic mass is 10.2. The summed E-state index contributed by atoms with van der Waals surface area (Å²) in [7, 11) is 0. The summed E-state index contributed by atoms with van der Waals surface area (Å²) in [5.41, 5.74) is 1.72. The van der Waals surface area contributed by atoms with Gasteiger partial charge in [0.25, 0.3) is 0 Å². The van der Waals surface area contributed by atoms with Crippen LogP contribution in [0.3, 0.4) is 0 Å². The minimum atomic E-state index is 0.617. The van der Waals surface area contributed by atoms with Crippen LogP contribution in [0.25, 0.3) is 0 Å². The molecule has 1 aliphatic rings. The summed E-state index contributed by atoms with van der Waals surface area (Å²) in [4.78, 5) is 4.24. The number of hydrogen-bond donors (Lipinski definition) is 0. The van der Waals surface area contributed by atoms with E-state index in [-0.39, 0.29) is 0 Å². The summed E-state index contributed by atoms with van der Waals surface area (Å²) in [5.74, 6) is 0.632. The van der Waals surface area contributed by atoms with Crippen LogP contribution >= 0.6 is 15.9 Å². The van der Waals surface area contributed by atoms with Gasteiger partial charge in [0.05, 0.1) is 11.3 Å². The fourth-order valence-electron chi connectivity index (χ4n) is 1.17. The molecule has 0 atom stereocenters. The third-order valence-corrected chi connectivity index (χ3v) is 2.60. The van der Waals surface area contributed by atoms with Crippen molar-refractivity contribution >= 4 is 15.9 Å². The minimum absolute atomic E-state index is 0.617. The maximum atomic E-state index is 8.60. The average Bonchev–Trinajstić information content (AvgIpc) is 2.87. The van der Waals surface area contributed by atoms with Gasteiger partial charge in [-0.1, -0.05) is 0 Å². The van der Waals surface area contributed by atoms with E-state index in [0.29, 0.717) is 11.5 Å². The van der Waals surface area contributed by atoms with Gasteiger partial charge in [0, 0.05) is 16.6 Å². The van der Waals surface area contributed by atoms with Crippen molar-refractivity contribution in [2.75, 3.05) is 0 Å². The highest BCUT2D eigenvalue weighted by molar-refractivity contribution is 9.10. The molecule has 1 saturated carbocycles. The summed E-state index contributed by atoms with van der Waals surface area (Å²) in [6, 6.07) is 3.90. The number of nitriles is 1. The maximum absolute atomic E-state index is 8.60. The second kappa shape index (κ2) is 2.87. The Kier molecular flexibility index (Phi) is 1.86. The molecule has 1 fully saturated rings. The standard InChI is InChI=1S/C9H7BrN2/c10-8-3-6(4-11)5-12-9(8)7-1-2-7/h3,5,7H,1-2H2. The van der Waals surface area contributed by atoms with Gasteiger partial charge in [-0.3, -0.25) is 4.98 Å². The second-order valence-corrected chi connectivity index (χ2v) is 3.83. The molecule has 60 valence electrons. The topological polar surface area (TPSA) is 36.7 Å². The third kappa shape index (κ3) is 1.35. The first-order chi connectivity index (χ1) is 5.81. The van der Waals surface area contributed by atoms with Crippen LogP contribution in [0, 0.1) is 11.3 Å². The van der Waals surface area contributed by atoms with E-state index in [1.165, 1.54) is 12.8 Å². The maximum Gasteiger partial charge on any atom is 0.101 e. The molecule has 2 nitrogen and oxygen atoms in total. The molecule has 0 unspecified atom stereocenters. The van der Waals surface area contributed by atoms with Gasteiger partial charge in [-0.25, -0.2) is 0 Å². The lowest BCUT2D eigenvalue weighted by Crippen LogP contribution is -1.89. The van der Waals surface area contributed by atoms with Gasteiger partial charge in [0.15, 0.2) is 0 Å². The third-order valence-electron chi connectivity index (χ3n) is 1.96. The van der Waals surface area contributed by atoms with Crippen molar-refractivity contribution in [1.82, 2.24) is 4.98 Å². The molecule has 0 saturated heterocycles. The van der Waals surface area contributed by atoms with E-state index in [4.69, 9.17) is 5.26 Å². The van der Waals surface area contributed by atoms with Crippen LogP contribution in [-0.2, 0) is 0 Å². The Hall–Kier alpha value is -0.880. The highest BCUT2D eigenvalue weighted by Crippen LogP contribution is 2.41. The van der Waals surface area contributed by atoms with Crippen molar-refractivity contribution in [2.24, 2.45) is 0 Å². The van der Waals surface area contributed by atoms with Crippen LogP contribution in [0.2, 0.25) is 0 Å². The summed E-state index contributed by atoms with van der Waals surface area (Å²) in [5, 5.41) is 8.60. The highest BCUT2D eigenvalue weighted by atomic mass is 79.9. The fourth-order valence-corrected chi connectivity index (χ4v) is 1.84. The Morgan fingerprint density at radius 2 is 2.33 bits per heavy atom. The molecule has 0 amide bonds. The number of halogens is 1. The van der Waals surface area contributed by atoms with Crippen molar-refractivity contribution in [3.8, 4) is 6.07 Å². The summed E-state index contributed by atoms with van der Waals surface area (Å²) in [6.45, 7) is 0. The van der Waals surface area contributed by atoms with Gasteiger partial charge in [-0.05, 0) is 34.8 Å². The molecule has 1 heterocycles. The largest absolute Gasteiger partial charge is 0.258 e. The molecule has 0 aliphatic heterocycles. The molecular formula is C9H7BrN2. The molecule has 1 aliphatic carbocycles. The molecule has 1 aromatic heterocycles. The molecule has 0 radical (unpaired) electrons. The van der Waals surface area contributed by atoms with E-state index in [1.54, 1.807) is 6.20 Å². The summed E-state index contributed by atoms with van der Waals surface area (Å²) in [6.07, 6.45) is 4.10. The minimum Gasteiger partial charge on any atom is -0.258 e. The first kappa shape index (κ1) is 7.75. The number of aromatic nitrogens is 1. The molecule has 2 rings (SSSR count).